The van der Waals surface area contributed by atoms with Crippen LogP contribution in [0.4, 0.5) is 0 Å². The molecule has 0 saturated carbocycles. The van der Waals surface area contributed by atoms with E-state index in [1.54, 1.807) is 0 Å². The number of carbonyl (C=O) groups excluding carboxylic acids is 1. The van der Waals surface area contributed by atoms with Crippen LogP contribution >= 0.6 is 0 Å². The number of amides is 1. The topological polar surface area (TPSA) is 83.6 Å². The van der Waals surface area contributed by atoms with Gasteiger partial charge in [0.05, 0.1) is 0 Å². The van der Waals surface area contributed by atoms with Crippen LogP contribution in [0.2, 0.25) is 0 Å². The Morgan fingerprint density at radius 3 is 2.42 bits per heavy atom. The molecule has 1 unspecified atom stereocenters. The van der Waals surface area contributed by atoms with Crippen LogP contribution in [-0.4, -0.2) is 40.5 Å². The highest BCUT2D eigenvalue weighted by molar-refractivity contribution is 5.82. The summed E-state index contributed by atoms with van der Waals surface area (Å²) in [5.74, 6) is -1.16. The Morgan fingerprint density at radius 1 is 1.58 bits per heavy atom. The molecule has 1 aliphatic rings. The monoisotopic (exact) mass is 172 g/mol. The Bertz CT molecular complexity index is 229. The first-order chi connectivity index (χ1) is 5.46. The third-order valence-corrected chi connectivity index (χ3v) is 2.17. The molecule has 0 aromatic rings. The average molecular weight is 172 g/mol. The Labute approximate surface area is 70.1 Å². The lowest BCUT2D eigenvalue weighted by Gasteiger charge is -2.18. The number of carboxylic acid groups (broad SMARTS) is 1. The first-order valence-electron chi connectivity index (χ1n) is 3.73. The molecule has 0 aromatic carbocycles. The number of hydrogen-bond acceptors (Lipinski definition) is 3. The van der Waals surface area contributed by atoms with E-state index >= 15 is 0 Å². The molecule has 5 heteroatoms. The maximum Gasteiger partial charge on any atom is 0.325 e. The Hall–Kier alpha value is -1.10. The van der Waals surface area contributed by atoms with E-state index in [0.717, 1.165) is 0 Å². The summed E-state index contributed by atoms with van der Waals surface area (Å²) >= 11 is 0. The predicted molar refractivity (Wildman–Crippen MR) is 41.4 cm³/mol. The highest BCUT2D eigenvalue weighted by Crippen LogP contribution is 2.18. The van der Waals surface area contributed by atoms with Gasteiger partial charge in [-0.25, -0.2) is 0 Å². The van der Waals surface area contributed by atoms with Gasteiger partial charge < -0.3 is 15.7 Å². The molecule has 1 atom stereocenters. The van der Waals surface area contributed by atoms with Gasteiger partial charge >= 0.3 is 5.97 Å². The van der Waals surface area contributed by atoms with Gasteiger partial charge in [0.25, 0.3) is 0 Å². The van der Waals surface area contributed by atoms with Gasteiger partial charge in [0.1, 0.15) is 5.54 Å². The summed E-state index contributed by atoms with van der Waals surface area (Å²) in [5, 5.41) is 8.71. The van der Waals surface area contributed by atoms with Gasteiger partial charge in [-0.1, -0.05) is 0 Å². The second-order valence-electron chi connectivity index (χ2n) is 3.15. The first-order valence-corrected chi connectivity index (χ1v) is 3.73. The standard InChI is InChI=1S/C7H12N2O3/c1-5(10)9-3-2-7(8,4-9)6(11)12/h2-4,8H2,1H3,(H,11,12). The lowest BCUT2D eigenvalue weighted by Crippen LogP contribution is -2.50. The number of nitrogens with two attached hydrogens (primary N) is 1. The minimum atomic E-state index is -1.23. The number of rotatable bonds is 1. The summed E-state index contributed by atoms with van der Waals surface area (Å²) in [4.78, 5) is 22.9. The highest BCUT2D eigenvalue weighted by atomic mass is 16.4. The van der Waals surface area contributed by atoms with Crippen molar-refractivity contribution in [2.24, 2.45) is 5.73 Å². The molecule has 0 aromatic heterocycles. The maximum absolute atomic E-state index is 10.8. The van der Waals surface area contributed by atoms with Crippen molar-refractivity contribution in [3.63, 3.8) is 0 Å². The third kappa shape index (κ3) is 1.40. The molecule has 0 spiro atoms. The molecular formula is C7H12N2O3. The zero-order valence-corrected chi connectivity index (χ0v) is 6.91. The van der Waals surface area contributed by atoms with Crippen LogP contribution in [0.25, 0.3) is 0 Å². The van der Waals surface area contributed by atoms with Crippen LogP contribution in [0.15, 0.2) is 0 Å². The van der Waals surface area contributed by atoms with Crippen LogP contribution in [0.1, 0.15) is 13.3 Å². The molecule has 68 valence electrons. The van der Waals surface area contributed by atoms with Gasteiger partial charge in [-0.2, -0.15) is 0 Å². The summed E-state index contributed by atoms with van der Waals surface area (Å²) in [5.41, 5.74) is 4.31. The largest absolute Gasteiger partial charge is 0.480 e. The number of likely N-dealkylation sites (tertiary alicyclic amines) is 1. The summed E-state index contributed by atoms with van der Waals surface area (Å²) in [6, 6.07) is 0. The minimum Gasteiger partial charge on any atom is -0.480 e. The number of aliphatic carboxylic acids is 1. The molecular weight excluding hydrogens is 160 g/mol. The van der Waals surface area contributed by atoms with E-state index in [1.165, 1.54) is 11.8 Å². The van der Waals surface area contributed by atoms with Gasteiger partial charge in [0.15, 0.2) is 0 Å². The lowest BCUT2D eigenvalue weighted by molar-refractivity contribution is -0.143. The fourth-order valence-electron chi connectivity index (χ4n) is 1.28. The Kier molecular flexibility index (Phi) is 2.06. The lowest BCUT2D eigenvalue weighted by atomic mass is 10.0. The van der Waals surface area contributed by atoms with Crippen molar-refractivity contribution in [1.82, 2.24) is 4.90 Å². The van der Waals surface area contributed by atoms with Gasteiger partial charge in [0, 0.05) is 20.0 Å². The van der Waals surface area contributed by atoms with Gasteiger partial charge in [0.2, 0.25) is 5.91 Å². The first kappa shape index (κ1) is 8.99. The van der Waals surface area contributed by atoms with Crippen LogP contribution in [0.3, 0.4) is 0 Å². The molecule has 1 aliphatic heterocycles. The average Bonchev–Trinajstić information content (AvgIpc) is 2.33. The Morgan fingerprint density at radius 2 is 2.17 bits per heavy atom. The van der Waals surface area contributed by atoms with Gasteiger partial charge in [-0.3, -0.25) is 9.59 Å². The van der Waals surface area contributed by atoms with E-state index < -0.39 is 11.5 Å². The van der Waals surface area contributed by atoms with E-state index in [4.69, 9.17) is 10.8 Å². The molecule has 0 radical (unpaired) electrons. The molecule has 1 amide bonds. The van der Waals surface area contributed by atoms with Gasteiger partial charge in [-0.05, 0) is 6.42 Å². The molecule has 0 bridgehead atoms. The molecule has 3 N–H and O–H groups in total. The third-order valence-electron chi connectivity index (χ3n) is 2.17. The van der Waals surface area contributed by atoms with Crippen LogP contribution in [0, 0.1) is 0 Å². The molecule has 1 heterocycles. The molecule has 1 fully saturated rings. The molecule has 0 aliphatic carbocycles. The zero-order chi connectivity index (χ0) is 9.35. The van der Waals surface area contributed by atoms with Crippen LogP contribution < -0.4 is 5.73 Å². The van der Waals surface area contributed by atoms with Crippen LogP contribution in [0.5, 0.6) is 0 Å². The SMILES string of the molecule is CC(=O)N1CCC(N)(C(=O)O)C1. The van der Waals surface area contributed by atoms with Crippen molar-refractivity contribution in [2.45, 2.75) is 18.9 Å². The summed E-state index contributed by atoms with van der Waals surface area (Å²) in [6.07, 6.45) is 0.335. The van der Waals surface area contributed by atoms with E-state index in [0.29, 0.717) is 13.0 Å². The van der Waals surface area contributed by atoms with E-state index in [1.807, 2.05) is 0 Å². The fourth-order valence-corrected chi connectivity index (χ4v) is 1.28. The van der Waals surface area contributed by atoms with Crippen molar-refractivity contribution < 1.29 is 14.7 Å². The summed E-state index contributed by atoms with van der Waals surface area (Å²) in [7, 11) is 0. The fraction of sp³-hybridized carbons (Fsp3) is 0.714. The number of carbonyl (C=O) groups is 2. The number of carboxylic acids is 1. The predicted octanol–water partition coefficient (Wildman–Crippen LogP) is -0.979. The smallest absolute Gasteiger partial charge is 0.325 e. The number of hydrogen-bond donors (Lipinski definition) is 2. The normalized spacial score (nSPS) is 29.0. The van der Waals surface area contributed by atoms with Crippen molar-refractivity contribution in [1.29, 1.82) is 0 Å². The van der Waals surface area contributed by atoms with E-state index in [9.17, 15) is 9.59 Å². The second-order valence-corrected chi connectivity index (χ2v) is 3.15. The zero-order valence-electron chi connectivity index (χ0n) is 6.91. The van der Waals surface area contributed by atoms with E-state index in [-0.39, 0.29) is 12.5 Å². The van der Waals surface area contributed by atoms with Crippen molar-refractivity contribution in [2.75, 3.05) is 13.1 Å². The van der Waals surface area contributed by atoms with Crippen LogP contribution in [-0.2, 0) is 9.59 Å². The van der Waals surface area contributed by atoms with Gasteiger partial charge in [-0.15, -0.1) is 0 Å². The maximum atomic E-state index is 10.8. The number of nitrogens with zero attached hydrogens (tertiary/aromatic N) is 1. The van der Waals surface area contributed by atoms with Crippen molar-refractivity contribution in [3.8, 4) is 0 Å². The minimum absolute atomic E-state index is 0.122. The highest BCUT2D eigenvalue weighted by Gasteiger charge is 2.41. The van der Waals surface area contributed by atoms with Crippen molar-refractivity contribution >= 4 is 11.9 Å². The summed E-state index contributed by atoms with van der Waals surface area (Å²) in [6.45, 7) is 1.98. The molecule has 1 saturated heterocycles. The quantitative estimate of drug-likeness (QED) is 0.532. The Balaban J connectivity index is 2.67. The van der Waals surface area contributed by atoms with E-state index in [2.05, 4.69) is 0 Å². The second kappa shape index (κ2) is 2.75. The molecule has 5 nitrogen and oxygen atoms in total. The molecule has 1 rings (SSSR count). The summed E-state index contributed by atoms with van der Waals surface area (Å²) < 4.78 is 0. The van der Waals surface area contributed by atoms with Crippen molar-refractivity contribution in [3.05, 3.63) is 0 Å². The molecule has 12 heavy (non-hydrogen) atoms.